The molecule has 5 nitrogen and oxygen atoms in total. The van der Waals surface area contributed by atoms with Crippen LogP contribution in [0.15, 0.2) is 30.5 Å². The van der Waals surface area contributed by atoms with Crippen LogP contribution in [0, 0.1) is 0 Å². The number of nitrogens with zero attached hydrogens (tertiary/aromatic N) is 2. The minimum absolute atomic E-state index is 0.141. The molecule has 1 aromatic carbocycles. The van der Waals surface area contributed by atoms with Gasteiger partial charge >= 0.3 is 0 Å². The molecule has 2 N–H and O–H groups in total. The Balaban J connectivity index is 2.18. The second-order valence-corrected chi connectivity index (χ2v) is 4.02. The topological polar surface area (TPSA) is 67.2 Å². The molecule has 2 aromatic rings. The van der Waals surface area contributed by atoms with Crippen LogP contribution in [0.5, 0.6) is 5.75 Å². The Morgan fingerprint density at radius 3 is 2.67 bits per heavy atom. The van der Waals surface area contributed by atoms with Crippen molar-refractivity contribution in [1.29, 1.82) is 0 Å². The summed E-state index contributed by atoms with van der Waals surface area (Å²) in [6, 6.07) is 6.12. The van der Waals surface area contributed by atoms with Crippen LogP contribution in [-0.4, -0.2) is 20.8 Å². The van der Waals surface area contributed by atoms with Gasteiger partial charge in [0.1, 0.15) is 5.75 Å². The number of hydrogen-bond acceptors (Lipinski definition) is 3. The minimum Gasteiger partial charge on any atom is -0.508 e. The van der Waals surface area contributed by atoms with Crippen molar-refractivity contribution in [2.45, 2.75) is 13.3 Å². The molecule has 1 amide bonds. The number of aromatic nitrogens is 2. The van der Waals surface area contributed by atoms with Crippen LogP contribution in [-0.2, 0) is 13.5 Å². The van der Waals surface area contributed by atoms with E-state index in [1.165, 1.54) is 12.1 Å². The maximum atomic E-state index is 12.0. The van der Waals surface area contributed by atoms with Crippen molar-refractivity contribution in [2.75, 3.05) is 5.32 Å². The normalized spacial score (nSPS) is 10.3. The lowest BCUT2D eigenvalue weighted by Crippen LogP contribution is -2.12. The molecule has 1 aromatic heterocycles. The number of rotatable bonds is 3. The second-order valence-electron chi connectivity index (χ2n) is 4.02. The first-order chi connectivity index (χ1) is 8.60. The fourth-order valence-electron chi connectivity index (χ4n) is 1.71. The molecule has 2 rings (SSSR count). The second kappa shape index (κ2) is 4.91. The summed E-state index contributed by atoms with van der Waals surface area (Å²) in [5.74, 6) is -0.0696. The maximum Gasteiger partial charge on any atom is 0.255 e. The first-order valence-corrected chi connectivity index (χ1v) is 5.73. The number of nitrogens with one attached hydrogen (secondary N) is 1. The number of benzene rings is 1. The van der Waals surface area contributed by atoms with Gasteiger partial charge in [0.05, 0.1) is 11.4 Å². The first kappa shape index (κ1) is 12.2. The van der Waals surface area contributed by atoms with Crippen molar-refractivity contribution < 1.29 is 9.90 Å². The molecule has 0 saturated carbocycles. The van der Waals surface area contributed by atoms with E-state index in [-0.39, 0.29) is 11.7 Å². The highest BCUT2D eigenvalue weighted by molar-refractivity contribution is 6.04. The number of phenolic OH excluding ortho intramolecular Hbond substituents is 1. The Morgan fingerprint density at radius 1 is 1.39 bits per heavy atom. The van der Waals surface area contributed by atoms with Crippen molar-refractivity contribution in [1.82, 2.24) is 9.78 Å². The average molecular weight is 245 g/mol. The molecular formula is C13H15N3O2. The van der Waals surface area contributed by atoms with Gasteiger partial charge in [-0.1, -0.05) is 6.92 Å². The monoisotopic (exact) mass is 245 g/mol. The Hall–Kier alpha value is -2.30. The van der Waals surface area contributed by atoms with Gasteiger partial charge in [-0.05, 0) is 30.7 Å². The quantitative estimate of drug-likeness (QED) is 0.868. The van der Waals surface area contributed by atoms with Crippen molar-refractivity contribution in [2.24, 2.45) is 7.05 Å². The maximum absolute atomic E-state index is 12.0. The van der Waals surface area contributed by atoms with Crippen LogP contribution >= 0.6 is 0 Å². The molecule has 0 aliphatic rings. The summed E-state index contributed by atoms with van der Waals surface area (Å²) in [5, 5.41) is 16.2. The molecule has 0 atom stereocenters. The van der Waals surface area contributed by atoms with Crippen LogP contribution in [0.1, 0.15) is 23.0 Å². The van der Waals surface area contributed by atoms with E-state index in [1.54, 1.807) is 23.0 Å². The van der Waals surface area contributed by atoms with Gasteiger partial charge in [0.25, 0.3) is 5.91 Å². The molecule has 18 heavy (non-hydrogen) atoms. The minimum atomic E-state index is -0.210. The molecule has 94 valence electrons. The Kier molecular flexibility index (Phi) is 3.32. The van der Waals surface area contributed by atoms with Crippen LogP contribution < -0.4 is 5.32 Å². The zero-order valence-electron chi connectivity index (χ0n) is 10.3. The molecule has 0 spiro atoms. The number of anilines is 1. The first-order valence-electron chi connectivity index (χ1n) is 5.73. The van der Waals surface area contributed by atoms with E-state index >= 15 is 0 Å². The highest BCUT2D eigenvalue weighted by Gasteiger charge is 2.11. The SMILES string of the molecule is CCc1nn(C)cc1NC(=O)c1ccc(O)cc1. The molecule has 0 bridgehead atoms. The average Bonchev–Trinajstić information content (AvgIpc) is 2.70. The van der Waals surface area contributed by atoms with Crippen LogP contribution in [0.3, 0.4) is 0 Å². The summed E-state index contributed by atoms with van der Waals surface area (Å²) in [4.78, 5) is 12.0. The predicted octanol–water partition coefficient (Wildman–Crippen LogP) is 1.94. The summed E-state index contributed by atoms with van der Waals surface area (Å²) in [5.41, 5.74) is 2.07. The number of aromatic hydroxyl groups is 1. The number of carbonyl (C=O) groups excluding carboxylic acids is 1. The summed E-state index contributed by atoms with van der Waals surface area (Å²) >= 11 is 0. The van der Waals surface area contributed by atoms with Crippen LogP contribution in [0.4, 0.5) is 5.69 Å². The van der Waals surface area contributed by atoms with Crippen LogP contribution in [0.2, 0.25) is 0 Å². The standard InChI is InChI=1S/C13H15N3O2/c1-3-11-12(8-16(2)15-11)14-13(18)9-4-6-10(17)7-5-9/h4-8,17H,3H2,1-2H3,(H,14,18). The van der Waals surface area contributed by atoms with Crippen molar-refractivity contribution in [3.63, 3.8) is 0 Å². The summed E-state index contributed by atoms with van der Waals surface area (Å²) in [7, 11) is 1.81. The number of hydrogen-bond donors (Lipinski definition) is 2. The Bertz CT molecular complexity index is 558. The predicted molar refractivity (Wildman–Crippen MR) is 68.6 cm³/mol. The summed E-state index contributed by atoms with van der Waals surface area (Å²) < 4.78 is 1.67. The zero-order chi connectivity index (χ0) is 13.1. The van der Waals surface area contributed by atoms with E-state index in [1.807, 2.05) is 14.0 Å². The van der Waals surface area contributed by atoms with E-state index in [0.717, 1.165) is 17.8 Å². The highest BCUT2D eigenvalue weighted by Crippen LogP contribution is 2.16. The van der Waals surface area contributed by atoms with Gasteiger partial charge in [-0.2, -0.15) is 5.10 Å². The van der Waals surface area contributed by atoms with Gasteiger partial charge in [0, 0.05) is 18.8 Å². The third-order valence-corrected chi connectivity index (χ3v) is 2.62. The fraction of sp³-hybridized carbons (Fsp3) is 0.231. The lowest BCUT2D eigenvalue weighted by molar-refractivity contribution is 0.102. The molecule has 0 fully saturated rings. The van der Waals surface area contributed by atoms with E-state index in [0.29, 0.717) is 5.56 Å². The lowest BCUT2D eigenvalue weighted by atomic mass is 10.2. The van der Waals surface area contributed by atoms with Gasteiger partial charge in [-0.15, -0.1) is 0 Å². The smallest absolute Gasteiger partial charge is 0.255 e. The van der Waals surface area contributed by atoms with E-state index < -0.39 is 0 Å². The van der Waals surface area contributed by atoms with Crippen LogP contribution in [0.25, 0.3) is 0 Å². The molecule has 0 radical (unpaired) electrons. The summed E-state index contributed by atoms with van der Waals surface area (Å²) in [6.07, 6.45) is 2.53. The van der Waals surface area contributed by atoms with Gasteiger partial charge in [-0.25, -0.2) is 0 Å². The zero-order valence-corrected chi connectivity index (χ0v) is 10.3. The van der Waals surface area contributed by atoms with Gasteiger partial charge in [-0.3, -0.25) is 9.48 Å². The van der Waals surface area contributed by atoms with Gasteiger partial charge in [0.15, 0.2) is 0 Å². The van der Waals surface area contributed by atoms with E-state index in [9.17, 15) is 4.79 Å². The molecule has 0 unspecified atom stereocenters. The third kappa shape index (κ3) is 2.51. The Labute approximate surface area is 105 Å². The molecule has 5 heteroatoms. The Morgan fingerprint density at radius 2 is 2.06 bits per heavy atom. The van der Waals surface area contributed by atoms with Gasteiger partial charge in [0.2, 0.25) is 0 Å². The number of aryl methyl sites for hydroxylation is 2. The molecule has 0 aliphatic heterocycles. The molecule has 0 aliphatic carbocycles. The third-order valence-electron chi connectivity index (χ3n) is 2.62. The number of phenols is 1. The molecule has 0 saturated heterocycles. The number of carbonyl (C=O) groups is 1. The van der Waals surface area contributed by atoms with E-state index in [2.05, 4.69) is 10.4 Å². The number of amides is 1. The molecular weight excluding hydrogens is 230 g/mol. The lowest BCUT2D eigenvalue weighted by Gasteiger charge is -2.04. The fourth-order valence-corrected chi connectivity index (χ4v) is 1.71. The van der Waals surface area contributed by atoms with Crippen molar-refractivity contribution in [3.05, 3.63) is 41.7 Å². The highest BCUT2D eigenvalue weighted by atomic mass is 16.3. The largest absolute Gasteiger partial charge is 0.508 e. The molecule has 1 heterocycles. The van der Waals surface area contributed by atoms with Crippen molar-refractivity contribution in [3.8, 4) is 5.75 Å². The van der Waals surface area contributed by atoms with Gasteiger partial charge < -0.3 is 10.4 Å². The summed E-state index contributed by atoms with van der Waals surface area (Å²) in [6.45, 7) is 1.98. The van der Waals surface area contributed by atoms with E-state index in [4.69, 9.17) is 5.11 Å². The van der Waals surface area contributed by atoms with Crippen molar-refractivity contribution >= 4 is 11.6 Å².